The summed E-state index contributed by atoms with van der Waals surface area (Å²) in [7, 11) is 0. The summed E-state index contributed by atoms with van der Waals surface area (Å²) < 4.78 is 0. The molecule has 1 heterocycles. The lowest BCUT2D eigenvalue weighted by Crippen LogP contribution is -2.52. The van der Waals surface area contributed by atoms with Crippen LogP contribution < -0.4 is 5.32 Å². The van der Waals surface area contributed by atoms with Crippen molar-refractivity contribution in [1.82, 2.24) is 10.2 Å². The van der Waals surface area contributed by atoms with E-state index in [0.29, 0.717) is 12.1 Å². The van der Waals surface area contributed by atoms with Crippen LogP contribution in [0.4, 0.5) is 0 Å². The fourth-order valence-electron chi connectivity index (χ4n) is 2.66. The summed E-state index contributed by atoms with van der Waals surface area (Å²) in [4.78, 5) is 2.60. The molecular formula is C17H26N2. The summed E-state index contributed by atoms with van der Waals surface area (Å²) in [6.07, 6.45) is 3.54. The van der Waals surface area contributed by atoms with E-state index in [4.69, 9.17) is 0 Å². The highest BCUT2D eigenvalue weighted by molar-refractivity contribution is 5.20. The van der Waals surface area contributed by atoms with Gasteiger partial charge in [0.1, 0.15) is 0 Å². The van der Waals surface area contributed by atoms with Crippen LogP contribution in [0.15, 0.2) is 42.0 Å². The second-order valence-corrected chi connectivity index (χ2v) is 5.68. The van der Waals surface area contributed by atoms with Gasteiger partial charge in [-0.05, 0) is 25.8 Å². The van der Waals surface area contributed by atoms with Crippen molar-refractivity contribution in [3.05, 3.63) is 47.5 Å². The molecule has 0 aromatic heterocycles. The predicted molar refractivity (Wildman–Crippen MR) is 82.3 cm³/mol. The number of benzene rings is 1. The maximum atomic E-state index is 3.67. The van der Waals surface area contributed by atoms with Crippen molar-refractivity contribution in [3.8, 4) is 0 Å². The predicted octanol–water partition coefficient (Wildman–Crippen LogP) is 3.38. The highest BCUT2D eigenvalue weighted by Crippen LogP contribution is 2.24. The average Bonchev–Trinajstić information content (AvgIpc) is 2.45. The number of allylic oxidation sites excluding steroid dienone is 1. The second kappa shape index (κ2) is 6.88. The van der Waals surface area contributed by atoms with E-state index in [1.54, 1.807) is 0 Å². The molecule has 1 aromatic carbocycles. The molecule has 1 saturated heterocycles. The fourth-order valence-corrected chi connectivity index (χ4v) is 2.66. The first-order valence-corrected chi connectivity index (χ1v) is 7.36. The van der Waals surface area contributed by atoms with Crippen molar-refractivity contribution in [2.75, 3.05) is 19.6 Å². The zero-order valence-electron chi connectivity index (χ0n) is 12.4. The highest BCUT2D eigenvalue weighted by Gasteiger charge is 2.27. The van der Waals surface area contributed by atoms with Gasteiger partial charge in [0.15, 0.2) is 0 Å². The van der Waals surface area contributed by atoms with E-state index < -0.39 is 0 Å². The molecule has 0 spiro atoms. The maximum absolute atomic E-state index is 3.67. The first-order chi connectivity index (χ1) is 9.20. The second-order valence-electron chi connectivity index (χ2n) is 5.68. The molecule has 19 heavy (non-hydrogen) atoms. The standard InChI is InChI=1S/C17H26N2/c1-4-16-13-19(11-10-14(2)3)17(12-18-16)15-8-6-5-7-9-15/h5-10,16-18H,4,11-13H2,1-3H3. The Kier molecular flexibility index (Phi) is 5.17. The van der Waals surface area contributed by atoms with Crippen LogP contribution in [0.5, 0.6) is 0 Å². The number of hydrogen-bond acceptors (Lipinski definition) is 2. The van der Waals surface area contributed by atoms with Crippen LogP contribution in [0.3, 0.4) is 0 Å². The van der Waals surface area contributed by atoms with Crippen molar-refractivity contribution in [3.63, 3.8) is 0 Å². The average molecular weight is 258 g/mol. The molecule has 2 atom stereocenters. The molecule has 1 fully saturated rings. The van der Waals surface area contributed by atoms with Gasteiger partial charge in [0.05, 0.1) is 0 Å². The molecule has 0 saturated carbocycles. The first-order valence-electron chi connectivity index (χ1n) is 7.36. The molecular weight excluding hydrogens is 232 g/mol. The maximum Gasteiger partial charge on any atom is 0.0476 e. The summed E-state index contributed by atoms with van der Waals surface area (Å²) in [5.74, 6) is 0. The lowest BCUT2D eigenvalue weighted by atomic mass is 10.00. The molecule has 0 bridgehead atoms. The smallest absolute Gasteiger partial charge is 0.0476 e. The number of piperazine rings is 1. The van der Waals surface area contributed by atoms with E-state index in [1.807, 2.05) is 0 Å². The Morgan fingerprint density at radius 2 is 2.05 bits per heavy atom. The molecule has 1 N–H and O–H groups in total. The Balaban J connectivity index is 2.13. The lowest BCUT2D eigenvalue weighted by molar-refractivity contribution is 0.143. The minimum Gasteiger partial charge on any atom is -0.311 e. The van der Waals surface area contributed by atoms with Crippen LogP contribution in [-0.2, 0) is 0 Å². The summed E-state index contributed by atoms with van der Waals surface area (Å²) in [6, 6.07) is 12.0. The lowest BCUT2D eigenvalue weighted by Gasteiger charge is -2.40. The van der Waals surface area contributed by atoms with Gasteiger partial charge in [-0.15, -0.1) is 0 Å². The highest BCUT2D eigenvalue weighted by atomic mass is 15.2. The van der Waals surface area contributed by atoms with Gasteiger partial charge in [0, 0.05) is 31.7 Å². The van der Waals surface area contributed by atoms with E-state index in [1.165, 1.54) is 17.6 Å². The number of nitrogens with one attached hydrogen (secondary N) is 1. The van der Waals surface area contributed by atoms with Crippen molar-refractivity contribution in [1.29, 1.82) is 0 Å². The van der Waals surface area contributed by atoms with Gasteiger partial charge in [-0.2, -0.15) is 0 Å². The first kappa shape index (κ1) is 14.3. The van der Waals surface area contributed by atoms with Crippen molar-refractivity contribution < 1.29 is 0 Å². The zero-order valence-corrected chi connectivity index (χ0v) is 12.4. The van der Waals surface area contributed by atoms with Gasteiger partial charge in [-0.1, -0.05) is 48.9 Å². The summed E-state index contributed by atoms with van der Waals surface area (Å²) in [5, 5.41) is 3.67. The molecule has 1 aliphatic heterocycles. The summed E-state index contributed by atoms with van der Waals surface area (Å²) >= 11 is 0. The number of hydrogen-bond donors (Lipinski definition) is 1. The largest absolute Gasteiger partial charge is 0.311 e. The molecule has 1 aromatic rings. The fraction of sp³-hybridized carbons (Fsp3) is 0.529. The van der Waals surface area contributed by atoms with Gasteiger partial charge >= 0.3 is 0 Å². The minimum absolute atomic E-state index is 0.500. The molecule has 0 amide bonds. The van der Waals surface area contributed by atoms with Gasteiger partial charge in [-0.3, -0.25) is 4.90 Å². The molecule has 0 aliphatic carbocycles. The monoisotopic (exact) mass is 258 g/mol. The van der Waals surface area contributed by atoms with E-state index in [2.05, 4.69) is 67.4 Å². The molecule has 2 heteroatoms. The Morgan fingerprint density at radius 1 is 1.32 bits per heavy atom. The summed E-state index contributed by atoms with van der Waals surface area (Å²) in [5.41, 5.74) is 2.82. The van der Waals surface area contributed by atoms with E-state index in [9.17, 15) is 0 Å². The van der Waals surface area contributed by atoms with Crippen LogP contribution in [0.2, 0.25) is 0 Å². The molecule has 2 rings (SSSR count). The molecule has 2 unspecified atom stereocenters. The van der Waals surface area contributed by atoms with Gasteiger partial charge in [0.25, 0.3) is 0 Å². The molecule has 0 radical (unpaired) electrons. The third kappa shape index (κ3) is 3.92. The molecule has 2 nitrogen and oxygen atoms in total. The zero-order chi connectivity index (χ0) is 13.7. The van der Waals surface area contributed by atoms with E-state index in [0.717, 1.165) is 19.6 Å². The number of nitrogens with zero attached hydrogens (tertiary/aromatic N) is 1. The van der Waals surface area contributed by atoms with Crippen molar-refractivity contribution in [2.24, 2.45) is 0 Å². The van der Waals surface area contributed by atoms with Crippen LogP contribution >= 0.6 is 0 Å². The normalized spacial score (nSPS) is 24.2. The van der Waals surface area contributed by atoms with Gasteiger partial charge in [0.2, 0.25) is 0 Å². The summed E-state index contributed by atoms with van der Waals surface area (Å²) in [6.45, 7) is 9.87. The Labute approximate surface area is 117 Å². The van der Waals surface area contributed by atoms with Crippen molar-refractivity contribution in [2.45, 2.75) is 39.3 Å². The SMILES string of the molecule is CCC1CN(CC=C(C)C)C(c2ccccc2)CN1. The van der Waals surface area contributed by atoms with E-state index >= 15 is 0 Å². The van der Waals surface area contributed by atoms with Gasteiger partial charge < -0.3 is 5.32 Å². The quantitative estimate of drug-likeness (QED) is 0.833. The Hall–Kier alpha value is -1.12. The van der Waals surface area contributed by atoms with Gasteiger partial charge in [-0.25, -0.2) is 0 Å². The van der Waals surface area contributed by atoms with Crippen LogP contribution in [0.1, 0.15) is 38.8 Å². The molecule has 104 valence electrons. The minimum atomic E-state index is 0.500. The molecule has 1 aliphatic rings. The Morgan fingerprint density at radius 3 is 2.68 bits per heavy atom. The number of rotatable bonds is 4. The third-order valence-electron chi connectivity index (χ3n) is 3.91. The van der Waals surface area contributed by atoms with Crippen LogP contribution in [0, 0.1) is 0 Å². The van der Waals surface area contributed by atoms with E-state index in [-0.39, 0.29) is 0 Å². The van der Waals surface area contributed by atoms with Crippen LogP contribution in [0.25, 0.3) is 0 Å². The van der Waals surface area contributed by atoms with Crippen molar-refractivity contribution >= 4 is 0 Å². The Bertz CT molecular complexity index is 407. The topological polar surface area (TPSA) is 15.3 Å². The third-order valence-corrected chi connectivity index (χ3v) is 3.91. The van der Waals surface area contributed by atoms with Crippen LogP contribution in [-0.4, -0.2) is 30.6 Å².